The van der Waals surface area contributed by atoms with Crippen LogP contribution in [-0.4, -0.2) is 36.8 Å². The normalized spacial score (nSPS) is 12.0. The van der Waals surface area contributed by atoms with Gasteiger partial charge in [-0.25, -0.2) is 9.59 Å². The zero-order valence-electron chi connectivity index (χ0n) is 17.8. The van der Waals surface area contributed by atoms with Gasteiger partial charge in [-0.1, -0.05) is 86.0 Å². The van der Waals surface area contributed by atoms with Crippen molar-refractivity contribution in [3.05, 3.63) is 97.1 Å². The zero-order valence-corrected chi connectivity index (χ0v) is 17.8. The van der Waals surface area contributed by atoms with E-state index in [1.54, 1.807) is 36.4 Å². The van der Waals surface area contributed by atoms with E-state index in [0.29, 0.717) is 5.56 Å². The van der Waals surface area contributed by atoms with Crippen molar-refractivity contribution >= 4 is 18.0 Å². The Morgan fingerprint density at radius 3 is 1.97 bits per heavy atom. The molecule has 168 valence electrons. The fourth-order valence-corrected chi connectivity index (χ4v) is 2.97. The summed E-state index contributed by atoms with van der Waals surface area (Å²) in [7, 11) is 0. The lowest BCUT2D eigenvalue weighted by Gasteiger charge is -2.31. The highest BCUT2D eigenvalue weighted by atomic mass is 16.6. The van der Waals surface area contributed by atoms with E-state index in [0.717, 1.165) is 5.56 Å². The Morgan fingerprint density at radius 1 is 0.812 bits per heavy atom. The third-order valence-corrected chi connectivity index (χ3v) is 4.43. The standard InChI is InChI=1S/C25H27NO6/c1-3-15-30-22(27)18-25(23(28)31-16-4-2,17-20-11-7-5-8-12-20)26-24(29)32-19-21-13-9-6-10-14-21/h3-14H,1-2,15-19H2,(H,26,29)/t25-/m0/s1. The van der Waals surface area contributed by atoms with Crippen molar-refractivity contribution in [3.63, 3.8) is 0 Å². The van der Waals surface area contributed by atoms with Crippen molar-refractivity contribution in [1.29, 1.82) is 0 Å². The first-order chi connectivity index (χ1) is 15.5. The van der Waals surface area contributed by atoms with Gasteiger partial charge in [0.2, 0.25) is 0 Å². The molecular formula is C25H27NO6. The maximum Gasteiger partial charge on any atom is 0.408 e. The van der Waals surface area contributed by atoms with Crippen LogP contribution in [-0.2, 0) is 36.8 Å². The molecule has 0 fully saturated rings. The lowest BCUT2D eigenvalue weighted by Crippen LogP contribution is -2.58. The average molecular weight is 437 g/mol. The molecule has 7 heteroatoms. The second-order valence-electron chi connectivity index (χ2n) is 6.97. The van der Waals surface area contributed by atoms with Crippen molar-refractivity contribution < 1.29 is 28.6 Å². The van der Waals surface area contributed by atoms with E-state index in [-0.39, 0.29) is 26.2 Å². The van der Waals surface area contributed by atoms with Gasteiger partial charge in [0.15, 0.2) is 5.54 Å². The van der Waals surface area contributed by atoms with Crippen molar-refractivity contribution in [3.8, 4) is 0 Å². The van der Waals surface area contributed by atoms with Gasteiger partial charge >= 0.3 is 18.0 Å². The molecule has 0 aromatic heterocycles. The molecule has 0 aliphatic rings. The number of benzene rings is 2. The molecule has 2 aromatic rings. The van der Waals surface area contributed by atoms with E-state index >= 15 is 0 Å². The van der Waals surface area contributed by atoms with Gasteiger partial charge in [0.05, 0.1) is 6.42 Å². The molecule has 0 bridgehead atoms. The molecule has 0 unspecified atom stereocenters. The number of esters is 2. The fourth-order valence-electron chi connectivity index (χ4n) is 2.97. The van der Waals surface area contributed by atoms with E-state index in [1.165, 1.54) is 12.2 Å². The Bertz CT molecular complexity index is 913. The minimum atomic E-state index is -1.74. The predicted molar refractivity (Wildman–Crippen MR) is 120 cm³/mol. The van der Waals surface area contributed by atoms with Gasteiger partial charge in [-0.2, -0.15) is 0 Å². The fraction of sp³-hybridized carbons (Fsp3) is 0.240. The number of carbonyl (C=O) groups is 3. The summed E-state index contributed by atoms with van der Waals surface area (Å²) in [5.74, 6) is -1.49. The maximum absolute atomic E-state index is 13.1. The van der Waals surface area contributed by atoms with Crippen molar-refractivity contribution in [1.82, 2.24) is 5.32 Å². The van der Waals surface area contributed by atoms with Crippen LogP contribution in [0.1, 0.15) is 17.5 Å². The van der Waals surface area contributed by atoms with Crippen molar-refractivity contribution in [2.75, 3.05) is 13.2 Å². The maximum atomic E-state index is 13.1. The van der Waals surface area contributed by atoms with Crippen LogP contribution < -0.4 is 5.32 Å². The van der Waals surface area contributed by atoms with Crippen LogP contribution in [0, 0.1) is 0 Å². The zero-order chi connectivity index (χ0) is 23.2. The number of alkyl carbamates (subject to hydrolysis) is 1. The molecule has 0 saturated carbocycles. The van der Waals surface area contributed by atoms with Crippen molar-refractivity contribution in [2.24, 2.45) is 0 Å². The number of hydrogen-bond donors (Lipinski definition) is 1. The minimum Gasteiger partial charge on any atom is -0.461 e. The van der Waals surface area contributed by atoms with Gasteiger partial charge in [-0.3, -0.25) is 4.79 Å². The van der Waals surface area contributed by atoms with Gasteiger partial charge < -0.3 is 19.5 Å². The summed E-state index contributed by atoms with van der Waals surface area (Å²) in [6, 6.07) is 18.0. The van der Waals surface area contributed by atoms with E-state index in [1.807, 2.05) is 24.3 Å². The van der Waals surface area contributed by atoms with Crippen LogP contribution in [0.4, 0.5) is 4.79 Å². The lowest BCUT2D eigenvalue weighted by molar-refractivity contribution is -0.157. The van der Waals surface area contributed by atoms with E-state index in [2.05, 4.69) is 18.5 Å². The van der Waals surface area contributed by atoms with Crippen LogP contribution in [0.3, 0.4) is 0 Å². The molecule has 2 rings (SSSR count). The van der Waals surface area contributed by atoms with Gasteiger partial charge in [0.25, 0.3) is 0 Å². The molecule has 32 heavy (non-hydrogen) atoms. The first kappa shape index (κ1) is 24.4. The Hall–Kier alpha value is -3.87. The third-order valence-electron chi connectivity index (χ3n) is 4.43. The molecule has 7 nitrogen and oxygen atoms in total. The quantitative estimate of drug-likeness (QED) is 0.309. The number of ether oxygens (including phenoxy) is 3. The van der Waals surface area contributed by atoms with Gasteiger partial charge in [-0.15, -0.1) is 0 Å². The summed E-state index contributed by atoms with van der Waals surface area (Å²) in [5, 5.41) is 2.57. The molecule has 1 atom stereocenters. The first-order valence-electron chi connectivity index (χ1n) is 10.1. The number of amides is 1. The number of hydrogen-bond acceptors (Lipinski definition) is 6. The molecule has 0 heterocycles. The topological polar surface area (TPSA) is 90.9 Å². The Labute approximate surface area is 187 Å². The van der Waals surface area contributed by atoms with E-state index in [4.69, 9.17) is 14.2 Å². The van der Waals surface area contributed by atoms with E-state index in [9.17, 15) is 14.4 Å². The SMILES string of the molecule is C=CCOC(=O)C[C@](Cc1ccccc1)(NC(=O)OCc1ccccc1)C(=O)OCC=C. The monoisotopic (exact) mass is 437 g/mol. The second-order valence-corrected chi connectivity index (χ2v) is 6.97. The van der Waals surface area contributed by atoms with Crippen LogP contribution >= 0.6 is 0 Å². The third kappa shape index (κ3) is 7.75. The van der Waals surface area contributed by atoms with E-state index < -0.39 is 30.0 Å². The van der Waals surface area contributed by atoms with Crippen LogP contribution in [0.5, 0.6) is 0 Å². The smallest absolute Gasteiger partial charge is 0.408 e. The average Bonchev–Trinajstić information content (AvgIpc) is 2.81. The van der Waals surface area contributed by atoms with Crippen molar-refractivity contribution in [2.45, 2.75) is 25.0 Å². The Morgan fingerprint density at radius 2 is 1.38 bits per heavy atom. The number of carbonyl (C=O) groups excluding carboxylic acids is 3. The Balaban J connectivity index is 2.29. The number of nitrogens with one attached hydrogen (secondary N) is 1. The molecule has 0 aliphatic heterocycles. The molecule has 0 radical (unpaired) electrons. The minimum absolute atomic E-state index is 0.00327. The van der Waals surface area contributed by atoms with Gasteiger partial charge in [-0.05, 0) is 11.1 Å². The second kappa shape index (κ2) is 12.7. The summed E-state index contributed by atoms with van der Waals surface area (Å²) < 4.78 is 15.6. The van der Waals surface area contributed by atoms with Gasteiger partial charge in [0.1, 0.15) is 19.8 Å². The molecule has 0 saturated heterocycles. The Kier molecular flexibility index (Phi) is 9.71. The summed E-state index contributed by atoms with van der Waals surface area (Å²) in [5.41, 5.74) is -0.255. The first-order valence-corrected chi connectivity index (χ1v) is 10.1. The van der Waals surface area contributed by atoms with Gasteiger partial charge in [0, 0.05) is 6.42 Å². The highest BCUT2D eigenvalue weighted by Gasteiger charge is 2.45. The molecule has 1 amide bonds. The summed E-state index contributed by atoms with van der Waals surface area (Å²) in [6.07, 6.45) is 1.49. The predicted octanol–water partition coefficient (Wildman–Crippen LogP) is 3.74. The lowest BCUT2D eigenvalue weighted by atomic mass is 9.87. The molecule has 0 spiro atoms. The van der Waals surface area contributed by atoms with Crippen LogP contribution in [0.15, 0.2) is 86.0 Å². The highest BCUT2D eigenvalue weighted by Crippen LogP contribution is 2.22. The summed E-state index contributed by atoms with van der Waals surface area (Å²) >= 11 is 0. The molecular weight excluding hydrogens is 410 g/mol. The number of rotatable bonds is 12. The molecule has 0 aliphatic carbocycles. The van der Waals surface area contributed by atoms with Crippen LogP contribution in [0.25, 0.3) is 0 Å². The molecule has 2 aromatic carbocycles. The summed E-state index contributed by atoms with van der Waals surface area (Å²) in [6.45, 7) is 6.92. The highest BCUT2D eigenvalue weighted by molar-refractivity contribution is 5.91. The largest absolute Gasteiger partial charge is 0.461 e. The molecule has 1 N–H and O–H groups in total. The van der Waals surface area contributed by atoms with Crippen LogP contribution in [0.2, 0.25) is 0 Å². The summed E-state index contributed by atoms with van der Waals surface area (Å²) in [4.78, 5) is 38.2.